The van der Waals surface area contributed by atoms with Crippen molar-refractivity contribution in [1.82, 2.24) is 19.8 Å². The second-order valence-electron chi connectivity index (χ2n) is 7.35. The zero-order chi connectivity index (χ0) is 22.3. The topological polar surface area (TPSA) is 67.8 Å². The Kier molecular flexibility index (Phi) is 6.91. The van der Waals surface area contributed by atoms with Gasteiger partial charge < -0.3 is 14.4 Å². The second-order valence-corrected chi connectivity index (χ2v) is 7.35. The van der Waals surface area contributed by atoms with E-state index in [0.717, 1.165) is 0 Å². The number of hydrogen-bond donors (Lipinski definition) is 0. The standard InChI is InChI=1S/C24H25FN4O3/c1-2-29-14-13-28(17-20-19(25)8-6-11-26-20)15-16-31-21-9-3-4-10-22(21)32-23-18(24(29)30)7-5-12-27-23/h3-12H,2,13-17H2,1H3. The van der Waals surface area contributed by atoms with Crippen molar-refractivity contribution in [3.05, 3.63) is 78.0 Å². The van der Waals surface area contributed by atoms with Gasteiger partial charge in [-0.15, -0.1) is 0 Å². The van der Waals surface area contributed by atoms with Gasteiger partial charge in [-0.1, -0.05) is 12.1 Å². The molecule has 1 aliphatic rings. The lowest BCUT2D eigenvalue weighted by molar-refractivity contribution is 0.0735. The molecule has 0 bridgehead atoms. The van der Waals surface area contributed by atoms with E-state index in [-0.39, 0.29) is 17.6 Å². The Morgan fingerprint density at radius 2 is 1.75 bits per heavy atom. The van der Waals surface area contributed by atoms with Crippen molar-refractivity contribution in [2.75, 3.05) is 32.8 Å². The molecule has 0 N–H and O–H groups in total. The molecule has 1 aliphatic heterocycles. The van der Waals surface area contributed by atoms with E-state index >= 15 is 0 Å². The molecule has 166 valence electrons. The van der Waals surface area contributed by atoms with Gasteiger partial charge in [-0.05, 0) is 43.3 Å². The van der Waals surface area contributed by atoms with Crippen LogP contribution >= 0.6 is 0 Å². The van der Waals surface area contributed by atoms with Gasteiger partial charge in [0.25, 0.3) is 5.91 Å². The number of amides is 1. The fourth-order valence-corrected chi connectivity index (χ4v) is 3.53. The minimum atomic E-state index is -0.349. The molecule has 0 saturated heterocycles. The molecule has 4 rings (SSSR count). The molecule has 0 saturated carbocycles. The summed E-state index contributed by atoms with van der Waals surface area (Å²) < 4.78 is 26.2. The fraction of sp³-hybridized carbons (Fsp3) is 0.292. The molecule has 0 atom stereocenters. The number of pyridine rings is 2. The first kappa shape index (κ1) is 21.7. The van der Waals surface area contributed by atoms with E-state index in [2.05, 4.69) is 9.97 Å². The van der Waals surface area contributed by atoms with Gasteiger partial charge in [-0.3, -0.25) is 14.7 Å². The molecule has 2 aromatic heterocycles. The van der Waals surface area contributed by atoms with Crippen molar-refractivity contribution in [1.29, 1.82) is 0 Å². The molecular formula is C24H25FN4O3. The van der Waals surface area contributed by atoms with Crippen LogP contribution in [0.1, 0.15) is 23.0 Å². The highest BCUT2D eigenvalue weighted by Gasteiger charge is 2.22. The summed E-state index contributed by atoms with van der Waals surface area (Å²) in [7, 11) is 0. The number of likely N-dealkylation sites (N-methyl/N-ethyl adjacent to an activating group) is 1. The number of nitrogens with zero attached hydrogens (tertiary/aromatic N) is 4. The van der Waals surface area contributed by atoms with Crippen LogP contribution in [-0.2, 0) is 6.54 Å². The quantitative estimate of drug-likeness (QED) is 0.623. The Morgan fingerprint density at radius 3 is 2.56 bits per heavy atom. The molecule has 32 heavy (non-hydrogen) atoms. The minimum absolute atomic E-state index is 0.169. The van der Waals surface area contributed by atoms with Crippen molar-refractivity contribution in [3.8, 4) is 17.4 Å². The molecule has 0 spiro atoms. The molecule has 0 fully saturated rings. The number of halogens is 1. The predicted molar refractivity (Wildman–Crippen MR) is 117 cm³/mol. The zero-order valence-corrected chi connectivity index (χ0v) is 17.9. The smallest absolute Gasteiger partial charge is 0.259 e. The maximum atomic E-state index is 14.2. The Hall–Kier alpha value is -3.52. The van der Waals surface area contributed by atoms with Crippen LogP contribution in [0.25, 0.3) is 0 Å². The summed E-state index contributed by atoms with van der Waals surface area (Å²) in [5, 5.41) is 0. The van der Waals surface area contributed by atoms with Gasteiger partial charge >= 0.3 is 0 Å². The summed E-state index contributed by atoms with van der Waals surface area (Å²) in [5.41, 5.74) is 0.746. The summed E-state index contributed by atoms with van der Waals surface area (Å²) in [4.78, 5) is 25.5. The van der Waals surface area contributed by atoms with Crippen LogP contribution in [0.2, 0.25) is 0 Å². The molecule has 1 aromatic carbocycles. The van der Waals surface area contributed by atoms with Gasteiger partial charge in [-0.2, -0.15) is 0 Å². The molecule has 7 nitrogen and oxygen atoms in total. The number of ether oxygens (including phenoxy) is 2. The highest BCUT2D eigenvalue weighted by Crippen LogP contribution is 2.32. The van der Waals surface area contributed by atoms with Crippen molar-refractivity contribution in [2.24, 2.45) is 0 Å². The number of carbonyl (C=O) groups excluding carboxylic acids is 1. The Labute approximate surface area is 186 Å². The van der Waals surface area contributed by atoms with Crippen LogP contribution in [0.3, 0.4) is 0 Å². The SMILES string of the molecule is CCN1CCN(Cc2ncccc2F)CCOc2ccccc2Oc2ncccc2C1=O. The number of rotatable bonds is 3. The first-order valence-corrected chi connectivity index (χ1v) is 10.6. The van der Waals surface area contributed by atoms with Crippen LogP contribution in [0.5, 0.6) is 17.4 Å². The van der Waals surface area contributed by atoms with E-state index in [4.69, 9.17) is 9.47 Å². The summed E-state index contributed by atoms with van der Waals surface area (Å²) in [6, 6.07) is 13.7. The van der Waals surface area contributed by atoms with E-state index in [1.165, 1.54) is 6.07 Å². The molecule has 8 heteroatoms. The summed E-state index contributed by atoms with van der Waals surface area (Å²) >= 11 is 0. The molecule has 0 aliphatic carbocycles. The monoisotopic (exact) mass is 436 g/mol. The number of aromatic nitrogens is 2. The van der Waals surface area contributed by atoms with Gasteiger partial charge in [0.05, 0.1) is 5.69 Å². The van der Waals surface area contributed by atoms with Crippen molar-refractivity contribution < 1.29 is 18.7 Å². The molecule has 0 unspecified atom stereocenters. The summed E-state index contributed by atoms with van der Waals surface area (Å²) in [5.74, 6) is 0.742. The predicted octanol–water partition coefficient (Wildman–Crippen LogP) is 3.76. The van der Waals surface area contributed by atoms with Crippen molar-refractivity contribution in [3.63, 3.8) is 0 Å². The maximum absolute atomic E-state index is 14.2. The average molecular weight is 436 g/mol. The van der Waals surface area contributed by atoms with Gasteiger partial charge in [-0.25, -0.2) is 9.37 Å². The van der Waals surface area contributed by atoms with E-state index in [1.54, 1.807) is 47.6 Å². The second kappa shape index (κ2) is 10.2. The molecule has 3 heterocycles. The third kappa shape index (κ3) is 5.03. The normalized spacial score (nSPS) is 15.3. The van der Waals surface area contributed by atoms with Crippen molar-refractivity contribution >= 4 is 5.91 Å². The number of benzene rings is 1. The Morgan fingerprint density at radius 1 is 0.969 bits per heavy atom. The van der Waals surface area contributed by atoms with Crippen LogP contribution < -0.4 is 9.47 Å². The van der Waals surface area contributed by atoms with Crippen LogP contribution in [0.15, 0.2) is 60.9 Å². The Balaban J connectivity index is 1.65. The summed E-state index contributed by atoms with van der Waals surface area (Å²) in [6.07, 6.45) is 3.17. The van der Waals surface area contributed by atoms with E-state index in [1.807, 2.05) is 24.0 Å². The minimum Gasteiger partial charge on any atom is -0.488 e. The van der Waals surface area contributed by atoms with E-state index < -0.39 is 0 Å². The van der Waals surface area contributed by atoms with Crippen molar-refractivity contribution in [2.45, 2.75) is 13.5 Å². The van der Waals surface area contributed by atoms with Gasteiger partial charge in [0.1, 0.15) is 18.0 Å². The highest BCUT2D eigenvalue weighted by atomic mass is 19.1. The maximum Gasteiger partial charge on any atom is 0.259 e. The molecule has 1 amide bonds. The van der Waals surface area contributed by atoms with Gasteiger partial charge in [0.2, 0.25) is 5.88 Å². The molecule has 0 radical (unpaired) electrons. The number of para-hydroxylation sites is 2. The first-order valence-electron chi connectivity index (χ1n) is 10.6. The lowest BCUT2D eigenvalue weighted by Gasteiger charge is -2.27. The molecule has 3 aromatic rings. The Bertz CT molecular complexity index is 1080. The highest BCUT2D eigenvalue weighted by molar-refractivity contribution is 5.96. The lowest BCUT2D eigenvalue weighted by atomic mass is 10.2. The van der Waals surface area contributed by atoms with E-state index in [9.17, 15) is 9.18 Å². The molecular weight excluding hydrogens is 411 g/mol. The van der Waals surface area contributed by atoms with Crippen LogP contribution in [-0.4, -0.2) is 58.5 Å². The van der Waals surface area contributed by atoms with Gasteiger partial charge in [0.15, 0.2) is 11.5 Å². The third-order valence-electron chi connectivity index (χ3n) is 5.29. The number of carbonyl (C=O) groups is 1. The van der Waals surface area contributed by atoms with E-state index in [0.29, 0.717) is 62.1 Å². The number of hydrogen-bond acceptors (Lipinski definition) is 6. The number of fused-ring (bicyclic) bond motifs is 2. The van der Waals surface area contributed by atoms with Crippen LogP contribution in [0, 0.1) is 5.82 Å². The van der Waals surface area contributed by atoms with Crippen LogP contribution in [0.4, 0.5) is 4.39 Å². The van der Waals surface area contributed by atoms with Gasteiger partial charge in [0, 0.05) is 45.1 Å². The third-order valence-corrected chi connectivity index (χ3v) is 5.29. The average Bonchev–Trinajstić information content (AvgIpc) is 2.82. The largest absolute Gasteiger partial charge is 0.488 e. The fourth-order valence-electron chi connectivity index (χ4n) is 3.53. The lowest BCUT2D eigenvalue weighted by Crippen LogP contribution is -2.40. The zero-order valence-electron chi connectivity index (χ0n) is 17.9. The first-order chi connectivity index (χ1) is 15.7. The summed E-state index contributed by atoms with van der Waals surface area (Å²) in [6.45, 7) is 4.66.